The second kappa shape index (κ2) is 6.53. The van der Waals surface area contributed by atoms with E-state index in [0.29, 0.717) is 37.2 Å². The summed E-state index contributed by atoms with van der Waals surface area (Å²) in [5.41, 5.74) is 1.61. The van der Waals surface area contributed by atoms with Crippen LogP contribution in [0.15, 0.2) is 18.2 Å². The van der Waals surface area contributed by atoms with Gasteiger partial charge in [-0.25, -0.2) is 8.78 Å². The summed E-state index contributed by atoms with van der Waals surface area (Å²) in [7, 11) is 1.77. The first-order chi connectivity index (χ1) is 12.5. The van der Waals surface area contributed by atoms with Crippen LogP contribution in [-0.4, -0.2) is 45.8 Å². The van der Waals surface area contributed by atoms with Crippen LogP contribution >= 0.6 is 0 Å². The van der Waals surface area contributed by atoms with Crippen molar-refractivity contribution < 1.29 is 23.7 Å². The smallest absolute Gasteiger partial charge is 0.196 e. The molecule has 2 aliphatic heterocycles. The quantitative estimate of drug-likeness (QED) is 0.670. The summed E-state index contributed by atoms with van der Waals surface area (Å²) in [5.74, 6) is -1.00. The highest BCUT2D eigenvalue weighted by molar-refractivity contribution is 5.45. The lowest BCUT2D eigenvalue weighted by Gasteiger charge is -2.40. The first-order valence-corrected chi connectivity index (χ1v) is 8.57. The van der Waals surface area contributed by atoms with E-state index >= 15 is 0 Å². The minimum absolute atomic E-state index is 0.0124. The molecule has 3 heterocycles. The number of nitrogens with one attached hydrogen (secondary N) is 2. The summed E-state index contributed by atoms with van der Waals surface area (Å²) in [6.45, 7) is 1.36. The standard InChI is InChI=1S/C18H21F2N3O3/c1-21-15-5-10(23-6-12-13(7-23)18(25)22-17(12)24)8-26-16(15)11-4-9(19)2-3-14(11)20/h2-4,10,15-16,21-22,24-25H,5-8H2,1H3. The van der Waals surface area contributed by atoms with Crippen molar-refractivity contribution >= 4 is 0 Å². The molecular formula is C18H21F2N3O3. The van der Waals surface area contributed by atoms with Gasteiger partial charge in [0, 0.05) is 41.9 Å². The number of fused-ring (bicyclic) bond motifs is 1. The van der Waals surface area contributed by atoms with Crippen LogP contribution in [0.2, 0.25) is 0 Å². The van der Waals surface area contributed by atoms with Crippen LogP contribution in [0, 0.1) is 11.6 Å². The minimum atomic E-state index is -0.573. The molecule has 0 bridgehead atoms. The van der Waals surface area contributed by atoms with Crippen LogP contribution in [0.3, 0.4) is 0 Å². The molecule has 0 amide bonds. The molecular weight excluding hydrogens is 344 g/mol. The van der Waals surface area contributed by atoms with Crippen LogP contribution in [0.25, 0.3) is 0 Å². The van der Waals surface area contributed by atoms with Crippen molar-refractivity contribution in [1.82, 2.24) is 15.2 Å². The van der Waals surface area contributed by atoms with Crippen molar-refractivity contribution in [3.05, 3.63) is 46.5 Å². The largest absolute Gasteiger partial charge is 0.494 e. The zero-order valence-electron chi connectivity index (χ0n) is 14.3. The van der Waals surface area contributed by atoms with Crippen LogP contribution in [0.5, 0.6) is 11.8 Å². The highest BCUT2D eigenvalue weighted by atomic mass is 19.1. The van der Waals surface area contributed by atoms with Crippen molar-refractivity contribution in [3.63, 3.8) is 0 Å². The van der Waals surface area contributed by atoms with E-state index in [2.05, 4.69) is 15.2 Å². The van der Waals surface area contributed by atoms with Crippen LogP contribution in [0.1, 0.15) is 29.2 Å². The van der Waals surface area contributed by atoms with Crippen molar-refractivity contribution in [2.75, 3.05) is 13.7 Å². The molecule has 0 spiro atoms. The highest BCUT2D eigenvalue weighted by Gasteiger charge is 2.39. The summed E-state index contributed by atoms with van der Waals surface area (Å²) in [5, 5.41) is 22.8. The van der Waals surface area contributed by atoms with Gasteiger partial charge in [0.1, 0.15) is 17.7 Å². The van der Waals surface area contributed by atoms with Gasteiger partial charge in [-0.05, 0) is 31.7 Å². The van der Waals surface area contributed by atoms with Crippen molar-refractivity contribution in [2.24, 2.45) is 0 Å². The van der Waals surface area contributed by atoms with E-state index in [-0.39, 0.29) is 29.4 Å². The van der Waals surface area contributed by atoms with Crippen molar-refractivity contribution in [1.29, 1.82) is 0 Å². The molecule has 1 aromatic heterocycles. The molecule has 4 rings (SSSR count). The average Bonchev–Trinajstić information content (AvgIpc) is 3.18. The lowest BCUT2D eigenvalue weighted by molar-refractivity contribution is -0.0601. The summed E-state index contributed by atoms with van der Waals surface area (Å²) >= 11 is 0. The lowest BCUT2D eigenvalue weighted by atomic mass is 9.92. The van der Waals surface area contributed by atoms with Gasteiger partial charge in [0.2, 0.25) is 0 Å². The van der Waals surface area contributed by atoms with E-state index in [9.17, 15) is 19.0 Å². The van der Waals surface area contributed by atoms with Crippen LogP contribution in [-0.2, 0) is 17.8 Å². The number of aromatic amines is 1. The van der Waals surface area contributed by atoms with E-state index in [1.54, 1.807) is 7.05 Å². The molecule has 0 radical (unpaired) electrons. The number of nitrogens with zero attached hydrogens (tertiary/aromatic N) is 1. The number of H-pyrrole nitrogens is 1. The molecule has 6 nitrogen and oxygen atoms in total. The van der Waals surface area contributed by atoms with Crippen molar-refractivity contribution in [3.8, 4) is 11.8 Å². The molecule has 3 atom stereocenters. The predicted octanol–water partition coefficient (Wildman–Crippen LogP) is 2.14. The number of ether oxygens (including phenoxy) is 1. The summed E-state index contributed by atoms with van der Waals surface area (Å²) in [4.78, 5) is 4.64. The molecule has 0 aliphatic carbocycles. The van der Waals surface area contributed by atoms with Gasteiger partial charge < -0.3 is 20.3 Å². The second-order valence-corrected chi connectivity index (χ2v) is 6.89. The third kappa shape index (κ3) is 2.84. The van der Waals surface area contributed by atoms with Gasteiger partial charge in [-0.3, -0.25) is 9.88 Å². The van der Waals surface area contributed by atoms with E-state index in [0.717, 1.165) is 12.1 Å². The highest BCUT2D eigenvalue weighted by Crippen LogP contribution is 2.40. The topological polar surface area (TPSA) is 80.8 Å². The first-order valence-electron chi connectivity index (χ1n) is 8.57. The molecule has 1 aromatic carbocycles. The van der Waals surface area contributed by atoms with Crippen LogP contribution < -0.4 is 5.32 Å². The van der Waals surface area contributed by atoms with Crippen molar-refractivity contribution in [2.45, 2.75) is 37.7 Å². The van der Waals surface area contributed by atoms with Gasteiger partial charge in [0.15, 0.2) is 11.8 Å². The zero-order chi connectivity index (χ0) is 18.4. The fraction of sp³-hybridized carbons (Fsp3) is 0.444. The molecule has 26 heavy (non-hydrogen) atoms. The Bertz CT molecular complexity index is 800. The number of aromatic hydroxyl groups is 2. The Morgan fingerprint density at radius 2 is 1.88 bits per heavy atom. The molecule has 1 fully saturated rings. The summed E-state index contributed by atoms with van der Waals surface area (Å²) in [6.07, 6.45) is 0.100. The van der Waals surface area contributed by atoms with Gasteiger partial charge >= 0.3 is 0 Å². The normalized spacial score (nSPS) is 26.2. The van der Waals surface area contributed by atoms with E-state index < -0.39 is 17.7 Å². The van der Waals surface area contributed by atoms with Gasteiger partial charge in [-0.1, -0.05) is 0 Å². The number of benzene rings is 1. The fourth-order valence-electron chi connectivity index (χ4n) is 3.99. The monoisotopic (exact) mass is 365 g/mol. The van der Waals surface area contributed by atoms with Gasteiger partial charge in [0.25, 0.3) is 0 Å². The van der Waals surface area contributed by atoms with E-state index in [1.165, 1.54) is 6.07 Å². The number of aromatic nitrogens is 1. The van der Waals surface area contributed by atoms with Gasteiger partial charge in [-0.2, -0.15) is 0 Å². The Kier molecular flexibility index (Phi) is 4.34. The van der Waals surface area contributed by atoms with Crippen LogP contribution in [0.4, 0.5) is 8.78 Å². The first kappa shape index (κ1) is 17.3. The Morgan fingerprint density at radius 1 is 1.19 bits per heavy atom. The maximum atomic E-state index is 14.1. The molecule has 3 unspecified atom stereocenters. The molecule has 8 heteroatoms. The second-order valence-electron chi connectivity index (χ2n) is 6.89. The maximum absolute atomic E-state index is 14.1. The van der Waals surface area contributed by atoms with Gasteiger partial charge in [0.05, 0.1) is 6.61 Å². The third-order valence-electron chi connectivity index (χ3n) is 5.41. The predicted molar refractivity (Wildman–Crippen MR) is 89.7 cm³/mol. The molecule has 1 saturated heterocycles. The Hall–Kier alpha value is -2.16. The molecule has 0 saturated carbocycles. The average molecular weight is 365 g/mol. The molecule has 4 N–H and O–H groups in total. The molecule has 140 valence electrons. The number of hydrogen-bond donors (Lipinski definition) is 4. The summed E-state index contributed by atoms with van der Waals surface area (Å²) < 4.78 is 33.6. The van der Waals surface area contributed by atoms with E-state index in [4.69, 9.17) is 4.74 Å². The lowest BCUT2D eigenvalue weighted by Crippen LogP contribution is -2.48. The molecule has 2 aliphatic rings. The molecule has 2 aromatic rings. The number of hydrogen-bond acceptors (Lipinski definition) is 5. The minimum Gasteiger partial charge on any atom is -0.494 e. The Balaban J connectivity index is 1.50. The number of likely N-dealkylation sites (N-methyl/N-ethyl adjacent to an activating group) is 1. The third-order valence-corrected chi connectivity index (χ3v) is 5.41. The summed E-state index contributed by atoms with van der Waals surface area (Å²) in [6, 6.07) is 3.24. The number of rotatable bonds is 3. The van der Waals surface area contributed by atoms with Gasteiger partial charge in [-0.15, -0.1) is 0 Å². The SMILES string of the molecule is CNC1CC(N2Cc3c(O)[nH]c(O)c3C2)COC1c1cc(F)ccc1F. The Labute approximate surface area is 149 Å². The maximum Gasteiger partial charge on any atom is 0.196 e. The number of halogens is 2. The Morgan fingerprint density at radius 3 is 2.54 bits per heavy atom. The zero-order valence-corrected chi connectivity index (χ0v) is 14.3. The fourth-order valence-corrected chi connectivity index (χ4v) is 3.99. The van der Waals surface area contributed by atoms with E-state index in [1.807, 2.05) is 0 Å².